The zero-order chi connectivity index (χ0) is 33.4. The average molecular weight is 662 g/mol. The van der Waals surface area contributed by atoms with Crippen LogP contribution < -0.4 is 24.8 Å². The van der Waals surface area contributed by atoms with Gasteiger partial charge in [0.25, 0.3) is 0 Å². The van der Waals surface area contributed by atoms with Crippen LogP contribution in [0.2, 0.25) is 0 Å². The molecule has 2 saturated heterocycles. The van der Waals surface area contributed by atoms with E-state index in [1.54, 1.807) is 20.5 Å². The fourth-order valence-electron chi connectivity index (χ4n) is 7.08. The van der Waals surface area contributed by atoms with Crippen molar-refractivity contribution in [2.24, 2.45) is 5.92 Å². The van der Waals surface area contributed by atoms with Crippen LogP contribution in [0.3, 0.4) is 0 Å². The normalized spacial score (nSPS) is 16.5. The molecule has 0 amide bonds. The Hall–Kier alpha value is -4.67. The highest BCUT2D eigenvalue weighted by Gasteiger charge is 2.22. The van der Waals surface area contributed by atoms with Crippen molar-refractivity contribution in [3.63, 3.8) is 0 Å². The molecule has 49 heavy (non-hydrogen) atoms. The summed E-state index contributed by atoms with van der Waals surface area (Å²) in [5.74, 6) is 3.72. The molecular formula is C39H47N7O3. The molecule has 10 nitrogen and oxygen atoms in total. The number of rotatable bonds is 13. The minimum absolute atomic E-state index is 0.409. The molecule has 0 unspecified atom stereocenters. The van der Waals surface area contributed by atoms with Crippen LogP contribution in [0.15, 0.2) is 79.3 Å². The van der Waals surface area contributed by atoms with Crippen molar-refractivity contribution < 1.29 is 14.2 Å². The van der Waals surface area contributed by atoms with E-state index in [4.69, 9.17) is 14.2 Å². The van der Waals surface area contributed by atoms with Gasteiger partial charge in [-0.15, -0.1) is 0 Å². The Bertz CT molecular complexity index is 1820. The lowest BCUT2D eigenvalue weighted by molar-refractivity contribution is 0.145. The van der Waals surface area contributed by atoms with Gasteiger partial charge in [0, 0.05) is 73.6 Å². The number of methoxy groups -OCH3 is 2. The molecule has 2 aliphatic heterocycles. The third kappa shape index (κ3) is 8.14. The van der Waals surface area contributed by atoms with E-state index in [0.29, 0.717) is 23.5 Å². The molecular weight excluding hydrogens is 614 g/mol. The molecule has 7 rings (SSSR count). The standard InChI is InChI=1S/C39H47N7O3/c1-47-37-23-33-34(10-15-40-36(33)24-38(37)48-2)41-16-21-45-17-11-29(12-18-45)26-49-31-8-9-32-35(22-31)42-27-43-39(32)44-30-13-19-46(20-14-30)25-28-6-4-3-5-7-28/h3-10,15,22-24,27,29-30H,11-14,16-21,25-26H2,1-2H3,(H,40,41)(H,42,43,44). The van der Waals surface area contributed by atoms with Crippen molar-refractivity contribution >= 4 is 33.3 Å². The van der Waals surface area contributed by atoms with Gasteiger partial charge in [-0.05, 0) is 74.5 Å². The Balaban J connectivity index is 0.852. The molecule has 2 N–H and O–H groups in total. The third-order valence-corrected chi connectivity index (χ3v) is 9.97. The van der Waals surface area contributed by atoms with E-state index < -0.39 is 0 Å². The molecule has 2 fully saturated rings. The molecule has 2 aliphatic rings. The summed E-state index contributed by atoms with van der Waals surface area (Å²) in [7, 11) is 3.30. The van der Waals surface area contributed by atoms with Gasteiger partial charge in [0.15, 0.2) is 11.5 Å². The quantitative estimate of drug-likeness (QED) is 0.146. The number of nitrogens with one attached hydrogen (secondary N) is 2. The van der Waals surface area contributed by atoms with Crippen molar-refractivity contribution in [3.05, 3.63) is 84.8 Å². The van der Waals surface area contributed by atoms with Crippen LogP contribution in [-0.4, -0.2) is 90.9 Å². The van der Waals surface area contributed by atoms with Crippen molar-refractivity contribution in [2.45, 2.75) is 38.3 Å². The van der Waals surface area contributed by atoms with Crippen molar-refractivity contribution in [1.29, 1.82) is 0 Å². The molecule has 2 aromatic heterocycles. The second-order valence-corrected chi connectivity index (χ2v) is 13.2. The first-order chi connectivity index (χ1) is 24.1. The molecule has 0 spiro atoms. The predicted octanol–water partition coefficient (Wildman–Crippen LogP) is 6.47. The van der Waals surface area contributed by atoms with Crippen LogP contribution >= 0.6 is 0 Å². The van der Waals surface area contributed by atoms with E-state index >= 15 is 0 Å². The fraction of sp³-hybridized carbons (Fsp3) is 0.410. The van der Waals surface area contributed by atoms with E-state index in [-0.39, 0.29) is 0 Å². The van der Waals surface area contributed by atoms with E-state index in [2.05, 4.69) is 83.9 Å². The van der Waals surface area contributed by atoms with E-state index in [9.17, 15) is 0 Å². The maximum Gasteiger partial charge on any atom is 0.162 e. The summed E-state index contributed by atoms with van der Waals surface area (Å²) in [6.07, 6.45) is 7.95. The number of likely N-dealkylation sites (tertiary alicyclic amines) is 2. The maximum absolute atomic E-state index is 6.31. The highest BCUT2D eigenvalue weighted by atomic mass is 16.5. The van der Waals surface area contributed by atoms with Gasteiger partial charge in [-0.25, -0.2) is 9.97 Å². The Labute approximate surface area is 288 Å². The molecule has 4 heterocycles. The molecule has 0 atom stereocenters. The molecule has 3 aromatic carbocycles. The van der Waals surface area contributed by atoms with E-state index in [0.717, 1.165) is 117 Å². The van der Waals surface area contributed by atoms with Crippen LogP contribution in [0.4, 0.5) is 11.5 Å². The third-order valence-electron chi connectivity index (χ3n) is 9.97. The number of fused-ring (bicyclic) bond motifs is 2. The summed E-state index contributed by atoms with van der Waals surface area (Å²) in [6.45, 7) is 7.89. The van der Waals surface area contributed by atoms with Gasteiger partial charge in [-0.1, -0.05) is 30.3 Å². The van der Waals surface area contributed by atoms with Crippen molar-refractivity contribution in [3.8, 4) is 17.2 Å². The van der Waals surface area contributed by atoms with E-state index in [1.807, 2.05) is 24.4 Å². The topological polar surface area (TPSA) is 96.9 Å². The molecule has 256 valence electrons. The van der Waals surface area contributed by atoms with Crippen LogP contribution in [0.5, 0.6) is 17.2 Å². The number of pyridine rings is 1. The Morgan fingerprint density at radius 2 is 1.51 bits per heavy atom. The summed E-state index contributed by atoms with van der Waals surface area (Å²) in [5.41, 5.74) is 4.23. The van der Waals surface area contributed by atoms with Gasteiger partial charge in [0.1, 0.15) is 17.9 Å². The molecule has 0 saturated carbocycles. The molecule has 10 heteroatoms. The second-order valence-electron chi connectivity index (χ2n) is 13.2. The number of hydrogen-bond donors (Lipinski definition) is 2. The first kappa shape index (κ1) is 32.9. The zero-order valence-corrected chi connectivity index (χ0v) is 28.6. The zero-order valence-electron chi connectivity index (χ0n) is 28.6. The Kier molecular flexibility index (Phi) is 10.5. The maximum atomic E-state index is 6.31. The largest absolute Gasteiger partial charge is 0.493 e. The average Bonchev–Trinajstić information content (AvgIpc) is 3.15. The number of aromatic nitrogens is 3. The number of benzene rings is 3. The summed E-state index contributed by atoms with van der Waals surface area (Å²) in [5, 5.41) is 9.40. The Morgan fingerprint density at radius 1 is 0.755 bits per heavy atom. The minimum atomic E-state index is 0.409. The summed E-state index contributed by atoms with van der Waals surface area (Å²) >= 11 is 0. The summed E-state index contributed by atoms with van der Waals surface area (Å²) < 4.78 is 17.3. The van der Waals surface area contributed by atoms with Gasteiger partial charge in [-0.3, -0.25) is 9.88 Å². The Morgan fingerprint density at radius 3 is 2.31 bits per heavy atom. The lowest BCUT2D eigenvalue weighted by Crippen LogP contribution is -2.38. The summed E-state index contributed by atoms with van der Waals surface area (Å²) in [4.78, 5) is 18.8. The fourth-order valence-corrected chi connectivity index (χ4v) is 7.08. The number of piperidine rings is 2. The van der Waals surface area contributed by atoms with Gasteiger partial charge >= 0.3 is 0 Å². The number of hydrogen-bond acceptors (Lipinski definition) is 10. The van der Waals surface area contributed by atoms with Gasteiger partial charge in [-0.2, -0.15) is 0 Å². The minimum Gasteiger partial charge on any atom is -0.493 e. The SMILES string of the molecule is COc1cc2nccc(NCCN3CCC(COc4ccc5c(NC6CCN(Cc7ccccc7)CC6)ncnc5c4)CC3)c2cc1OC. The van der Waals surface area contributed by atoms with Crippen LogP contribution in [0.1, 0.15) is 31.2 Å². The van der Waals surface area contributed by atoms with Crippen LogP contribution in [0.25, 0.3) is 21.8 Å². The smallest absolute Gasteiger partial charge is 0.162 e. The number of anilines is 2. The predicted molar refractivity (Wildman–Crippen MR) is 196 cm³/mol. The molecule has 5 aromatic rings. The van der Waals surface area contributed by atoms with Gasteiger partial charge in [0.05, 0.1) is 31.9 Å². The van der Waals surface area contributed by atoms with E-state index in [1.165, 1.54) is 5.56 Å². The van der Waals surface area contributed by atoms with Gasteiger partial charge in [0.2, 0.25) is 0 Å². The highest BCUT2D eigenvalue weighted by Crippen LogP contribution is 2.34. The number of ether oxygens (including phenoxy) is 3. The molecule has 0 aliphatic carbocycles. The first-order valence-corrected chi connectivity index (χ1v) is 17.5. The van der Waals surface area contributed by atoms with Gasteiger partial charge < -0.3 is 29.7 Å². The number of nitrogens with zero attached hydrogens (tertiary/aromatic N) is 5. The molecule has 0 bridgehead atoms. The first-order valence-electron chi connectivity index (χ1n) is 17.5. The monoisotopic (exact) mass is 661 g/mol. The summed E-state index contributed by atoms with van der Waals surface area (Å²) in [6, 6.07) is 23.3. The van der Waals surface area contributed by atoms with Crippen LogP contribution in [-0.2, 0) is 6.54 Å². The van der Waals surface area contributed by atoms with Crippen molar-refractivity contribution in [2.75, 3.05) is 70.7 Å². The highest BCUT2D eigenvalue weighted by molar-refractivity contribution is 5.93. The lowest BCUT2D eigenvalue weighted by atomic mass is 9.98. The lowest BCUT2D eigenvalue weighted by Gasteiger charge is -2.32. The second kappa shape index (κ2) is 15.7. The van der Waals surface area contributed by atoms with Crippen LogP contribution in [0, 0.1) is 5.92 Å². The van der Waals surface area contributed by atoms with Crippen molar-refractivity contribution in [1.82, 2.24) is 24.8 Å². The molecule has 0 radical (unpaired) electrons.